The van der Waals surface area contributed by atoms with E-state index in [9.17, 15) is 0 Å². The lowest BCUT2D eigenvalue weighted by Crippen LogP contribution is -2.67. The molecule has 2 aromatic carbocycles. The van der Waals surface area contributed by atoms with E-state index < -0.39 is 8.32 Å². The van der Waals surface area contributed by atoms with Crippen molar-refractivity contribution in [2.24, 2.45) is 16.7 Å². The van der Waals surface area contributed by atoms with E-state index in [0.29, 0.717) is 16.7 Å². The van der Waals surface area contributed by atoms with Crippen molar-refractivity contribution in [3.05, 3.63) is 60.7 Å². The van der Waals surface area contributed by atoms with Crippen molar-refractivity contribution in [1.82, 2.24) is 0 Å². The van der Waals surface area contributed by atoms with Gasteiger partial charge in [-0.2, -0.15) is 0 Å². The van der Waals surface area contributed by atoms with Gasteiger partial charge in [-0.05, 0) is 45.0 Å². The summed E-state index contributed by atoms with van der Waals surface area (Å²) in [5.41, 5.74) is 0.708. The van der Waals surface area contributed by atoms with Gasteiger partial charge in [-0.1, -0.05) is 116 Å². The Labute approximate surface area is 180 Å². The first-order valence-corrected chi connectivity index (χ1v) is 13.2. The van der Waals surface area contributed by atoms with Crippen molar-refractivity contribution >= 4 is 18.7 Å². The van der Waals surface area contributed by atoms with Crippen LogP contribution in [0.3, 0.4) is 0 Å². The first-order chi connectivity index (χ1) is 13.6. The van der Waals surface area contributed by atoms with Crippen LogP contribution in [0.15, 0.2) is 60.7 Å². The summed E-state index contributed by atoms with van der Waals surface area (Å²) in [5.74, 6) is 0.606. The Bertz CT molecular complexity index is 751. The average Bonchev–Trinajstić information content (AvgIpc) is 2.93. The summed E-state index contributed by atoms with van der Waals surface area (Å²) >= 11 is 0. The van der Waals surface area contributed by atoms with Gasteiger partial charge >= 0.3 is 0 Å². The van der Waals surface area contributed by atoms with Crippen molar-refractivity contribution in [1.29, 1.82) is 0 Å². The Hall–Kier alpha value is -1.38. The Morgan fingerprint density at radius 3 is 1.76 bits per heavy atom. The van der Waals surface area contributed by atoms with E-state index in [-0.39, 0.29) is 5.04 Å². The van der Waals surface area contributed by atoms with Crippen LogP contribution in [0.4, 0.5) is 0 Å². The van der Waals surface area contributed by atoms with Crippen molar-refractivity contribution < 1.29 is 4.43 Å². The van der Waals surface area contributed by atoms with Gasteiger partial charge in [0.15, 0.2) is 0 Å². The maximum Gasteiger partial charge on any atom is 0.261 e. The number of hydrogen-bond acceptors (Lipinski definition) is 1. The zero-order valence-corrected chi connectivity index (χ0v) is 20.6. The minimum atomic E-state index is -2.44. The number of rotatable bonds is 6. The molecule has 1 aliphatic carbocycles. The second-order valence-electron chi connectivity index (χ2n) is 10.8. The van der Waals surface area contributed by atoms with Crippen LogP contribution in [0.5, 0.6) is 0 Å². The molecule has 0 aliphatic heterocycles. The molecule has 0 saturated heterocycles. The van der Waals surface area contributed by atoms with E-state index in [0.717, 1.165) is 6.61 Å². The van der Waals surface area contributed by atoms with E-state index in [4.69, 9.17) is 4.43 Å². The average molecular weight is 409 g/mol. The van der Waals surface area contributed by atoms with Crippen molar-refractivity contribution in [3.8, 4) is 0 Å². The molecular formula is C27H40OSi. The smallest absolute Gasteiger partial charge is 0.261 e. The maximum absolute atomic E-state index is 7.26. The van der Waals surface area contributed by atoms with Gasteiger partial charge in [0.05, 0.1) is 0 Å². The Morgan fingerprint density at radius 2 is 1.38 bits per heavy atom. The molecule has 0 bridgehead atoms. The van der Waals surface area contributed by atoms with Gasteiger partial charge in [0.25, 0.3) is 8.32 Å². The largest absolute Gasteiger partial charge is 0.407 e. The van der Waals surface area contributed by atoms with Gasteiger partial charge in [0.1, 0.15) is 0 Å². The summed E-state index contributed by atoms with van der Waals surface area (Å²) in [6.45, 7) is 17.8. The highest BCUT2D eigenvalue weighted by Gasteiger charge is 2.54. The van der Waals surface area contributed by atoms with Crippen LogP contribution in [0, 0.1) is 16.7 Å². The Balaban J connectivity index is 2.03. The lowest BCUT2D eigenvalue weighted by molar-refractivity contribution is 0.0567. The molecular weight excluding hydrogens is 368 g/mol. The minimum Gasteiger partial charge on any atom is -0.407 e. The van der Waals surface area contributed by atoms with Crippen LogP contribution in [-0.2, 0) is 4.43 Å². The molecule has 0 N–H and O–H groups in total. The lowest BCUT2D eigenvalue weighted by atomic mass is 9.64. The van der Waals surface area contributed by atoms with E-state index in [1.165, 1.54) is 29.6 Å². The molecule has 3 rings (SSSR count). The summed E-state index contributed by atoms with van der Waals surface area (Å²) in [6, 6.07) is 22.1. The molecule has 2 heteroatoms. The normalized spacial score (nSPS) is 24.6. The highest BCUT2D eigenvalue weighted by Crippen LogP contribution is 2.57. The molecule has 1 nitrogen and oxygen atoms in total. The molecule has 0 radical (unpaired) electrons. The van der Waals surface area contributed by atoms with Crippen molar-refractivity contribution in [2.75, 3.05) is 6.61 Å². The van der Waals surface area contributed by atoms with Crippen LogP contribution in [0.25, 0.3) is 0 Å². The first kappa shape index (κ1) is 22.3. The monoisotopic (exact) mass is 408 g/mol. The molecule has 1 fully saturated rings. The van der Waals surface area contributed by atoms with Gasteiger partial charge in [-0.25, -0.2) is 0 Å². The fourth-order valence-electron chi connectivity index (χ4n) is 5.58. The Morgan fingerprint density at radius 1 is 0.897 bits per heavy atom. The minimum absolute atomic E-state index is 0.0481. The SMILES string of the molecule is CC[C@]1(C)CC[C@H](CO[Si](c2ccccc2)(c2ccccc2)C(C)(C)C)C1(C)C. The van der Waals surface area contributed by atoms with Gasteiger partial charge in [-0.15, -0.1) is 0 Å². The van der Waals surface area contributed by atoms with E-state index in [2.05, 4.69) is 109 Å². The third-order valence-electron chi connectivity index (χ3n) is 8.32. The van der Waals surface area contributed by atoms with Crippen molar-refractivity contribution in [3.63, 3.8) is 0 Å². The molecule has 2 atom stereocenters. The van der Waals surface area contributed by atoms with Crippen LogP contribution in [-0.4, -0.2) is 14.9 Å². The zero-order valence-electron chi connectivity index (χ0n) is 19.6. The molecule has 158 valence electrons. The van der Waals surface area contributed by atoms with Gasteiger partial charge < -0.3 is 4.43 Å². The van der Waals surface area contributed by atoms with Crippen LogP contribution < -0.4 is 10.4 Å². The van der Waals surface area contributed by atoms with E-state index in [1.54, 1.807) is 0 Å². The fraction of sp³-hybridized carbons (Fsp3) is 0.556. The molecule has 2 aromatic rings. The van der Waals surface area contributed by atoms with E-state index in [1.807, 2.05) is 0 Å². The predicted molar refractivity (Wildman–Crippen MR) is 128 cm³/mol. The van der Waals surface area contributed by atoms with Crippen LogP contribution in [0.2, 0.25) is 5.04 Å². The van der Waals surface area contributed by atoms with Crippen LogP contribution >= 0.6 is 0 Å². The second-order valence-corrected chi connectivity index (χ2v) is 15.2. The lowest BCUT2D eigenvalue weighted by Gasteiger charge is -2.46. The standard InChI is InChI=1S/C27H40OSi/c1-8-27(7)20-19-22(26(27,5)6)21-28-29(25(2,3)4,23-15-11-9-12-16-23)24-17-13-10-14-18-24/h9-18,22H,8,19-21H2,1-7H3/t22-,27-/m1/s1. The van der Waals surface area contributed by atoms with Gasteiger partial charge in [0, 0.05) is 6.61 Å². The first-order valence-electron chi connectivity index (χ1n) is 11.3. The Kier molecular flexibility index (Phi) is 6.18. The maximum atomic E-state index is 7.26. The van der Waals surface area contributed by atoms with Crippen molar-refractivity contribution in [2.45, 2.75) is 72.8 Å². The van der Waals surface area contributed by atoms with Gasteiger partial charge in [-0.3, -0.25) is 0 Å². The second kappa shape index (κ2) is 8.04. The molecule has 0 unspecified atom stereocenters. The topological polar surface area (TPSA) is 9.23 Å². The molecule has 0 spiro atoms. The molecule has 1 aliphatic rings. The highest BCUT2D eigenvalue weighted by atomic mass is 28.4. The summed E-state index contributed by atoms with van der Waals surface area (Å²) in [5, 5.41) is 2.81. The summed E-state index contributed by atoms with van der Waals surface area (Å²) < 4.78 is 7.26. The number of benzene rings is 2. The predicted octanol–water partition coefficient (Wildman–Crippen LogP) is 6.42. The third kappa shape index (κ3) is 3.75. The van der Waals surface area contributed by atoms with E-state index >= 15 is 0 Å². The number of hydrogen-bond donors (Lipinski definition) is 0. The molecule has 0 aromatic heterocycles. The molecule has 0 amide bonds. The van der Waals surface area contributed by atoms with Gasteiger partial charge in [0.2, 0.25) is 0 Å². The third-order valence-corrected chi connectivity index (χ3v) is 13.3. The fourth-order valence-corrected chi connectivity index (χ4v) is 10.2. The highest BCUT2D eigenvalue weighted by molar-refractivity contribution is 6.99. The summed E-state index contributed by atoms with van der Waals surface area (Å²) in [7, 11) is -2.44. The quantitative estimate of drug-likeness (QED) is 0.501. The zero-order chi connectivity index (χ0) is 21.3. The van der Waals surface area contributed by atoms with Crippen LogP contribution in [0.1, 0.15) is 67.7 Å². The molecule has 29 heavy (non-hydrogen) atoms. The summed E-state index contributed by atoms with van der Waals surface area (Å²) in [6.07, 6.45) is 3.83. The summed E-state index contributed by atoms with van der Waals surface area (Å²) in [4.78, 5) is 0. The molecule has 0 heterocycles. The molecule has 1 saturated carbocycles.